The van der Waals surface area contributed by atoms with E-state index in [0.29, 0.717) is 15.9 Å². The fourth-order valence-corrected chi connectivity index (χ4v) is 4.28. The van der Waals surface area contributed by atoms with Crippen molar-refractivity contribution in [2.24, 2.45) is 0 Å². The van der Waals surface area contributed by atoms with Gasteiger partial charge in [-0.3, -0.25) is 4.79 Å². The number of halogens is 4. The van der Waals surface area contributed by atoms with E-state index in [1.165, 1.54) is 0 Å². The lowest BCUT2D eigenvalue weighted by molar-refractivity contribution is 0.102. The normalized spacial score (nSPS) is 10.3. The summed E-state index contributed by atoms with van der Waals surface area (Å²) in [6.07, 6.45) is 1.57. The summed E-state index contributed by atoms with van der Waals surface area (Å²) in [6, 6.07) is 7.24. The lowest BCUT2D eigenvalue weighted by Gasteiger charge is -2.10. The van der Waals surface area contributed by atoms with Gasteiger partial charge >= 0.3 is 0 Å². The number of amides is 1. The molecule has 1 aromatic carbocycles. The van der Waals surface area contributed by atoms with Gasteiger partial charge < -0.3 is 5.32 Å². The van der Waals surface area contributed by atoms with Gasteiger partial charge in [-0.1, -0.05) is 15.9 Å². The van der Waals surface area contributed by atoms with Crippen molar-refractivity contribution < 1.29 is 4.79 Å². The van der Waals surface area contributed by atoms with E-state index in [0.717, 1.165) is 13.4 Å². The van der Waals surface area contributed by atoms with Gasteiger partial charge in [-0.25, -0.2) is 4.98 Å². The van der Waals surface area contributed by atoms with Gasteiger partial charge in [0.1, 0.15) is 5.69 Å². The Balaban J connectivity index is 2.32. The summed E-state index contributed by atoms with van der Waals surface area (Å²) < 4.78 is 3.10. The van der Waals surface area contributed by atoms with Crippen molar-refractivity contribution in [1.82, 2.24) is 4.98 Å². The average Bonchev–Trinajstić information content (AvgIpc) is 2.34. The van der Waals surface area contributed by atoms with E-state index in [-0.39, 0.29) is 5.91 Å². The second kappa shape index (κ2) is 6.47. The van der Waals surface area contributed by atoms with Crippen LogP contribution in [0.1, 0.15) is 10.5 Å². The number of pyridine rings is 1. The molecule has 0 unspecified atom stereocenters. The molecule has 98 valence electrons. The standard InChI is InChI=1S/C12H6Br4N2O/c13-6-4-8(15)10(9(16)5-6)18-12(19)11-7(14)2-1-3-17-11/h1-5H,(H,18,19). The molecule has 2 aromatic rings. The minimum atomic E-state index is -0.281. The maximum atomic E-state index is 12.2. The largest absolute Gasteiger partial charge is 0.319 e. The van der Waals surface area contributed by atoms with Crippen molar-refractivity contribution in [3.63, 3.8) is 0 Å². The number of nitrogens with one attached hydrogen (secondary N) is 1. The van der Waals surface area contributed by atoms with Gasteiger partial charge in [0.15, 0.2) is 0 Å². The summed E-state index contributed by atoms with van der Waals surface area (Å²) in [7, 11) is 0. The Bertz CT molecular complexity index is 622. The molecule has 0 aliphatic heterocycles. The van der Waals surface area contributed by atoms with Crippen LogP contribution in [0.15, 0.2) is 48.4 Å². The number of nitrogens with zero attached hydrogens (tertiary/aromatic N) is 1. The van der Waals surface area contributed by atoms with E-state index in [1.807, 2.05) is 12.1 Å². The van der Waals surface area contributed by atoms with Crippen LogP contribution < -0.4 is 5.32 Å². The molecule has 0 atom stereocenters. The monoisotopic (exact) mass is 510 g/mol. The van der Waals surface area contributed by atoms with Crippen LogP contribution in [0.5, 0.6) is 0 Å². The summed E-state index contributed by atoms with van der Waals surface area (Å²) in [6.45, 7) is 0. The molecule has 0 radical (unpaired) electrons. The van der Waals surface area contributed by atoms with Gasteiger partial charge in [0.05, 0.1) is 5.69 Å². The third-order valence-corrected chi connectivity index (χ3v) is 4.57. The van der Waals surface area contributed by atoms with Crippen LogP contribution in [0.3, 0.4) is 0 Å². The van der Waals surface area contributed by atoms with Gasteiger partial charge in [-0.2, -0.15) is 0 Å². The first-order valence-corrected chi connectivity index (χ1v) is 8.22. The predicted octanol–water partition coefficient (Wildman–Crippen LogP) is 5.38. The molecule has 3 nitrogen and oxygen atoms in total. The van der Waals surface area contributed by atoms with Gasteiger partial charge in [0, 0.05) is 24.1 Å². The van der Waals surface area contributed by atoms with Crippen molar-refractivity contribution in [3.8, 4) is 0 Å². The molecule has 7 heteroatoms. The summed E-state index contributed by atoms with van der Waals surface area (Å²) >= 11 is 13.5. The minimum absolute atomic E-state index is 0.281. The van der Waals surface area contributed by atoms with E-state index in [9.17, 15) is 4.79 Å². The van der Waals surface area contributed by atoms with Crippen LogP contribution in [0.25, 0.3) is 0 Å². The summed E-state index contributed by atoms with van der Waals surface area (Å²) in [4.78, 5) is 16.2. The molecular formula is C12H6Br4N2O. The molecule has 0 aliphatic carbocycles. The van der Waals surface area contributed by atoms with E-state index >= 15 is 0 Å². The Morgan fingerprint density at radius 2 is 1.68 bits per heavy atom. The Morgan fingerprint density at radius 3 is 2.26 bits per heavy atom. The highest BCUT2D eigenvalue weighted by atomic mass is 79.9. The highest BCUT2D eigenvalue weighted by molar-refractivity contribution is 9.11. The highest BCUT2D eigenvalue weighted by Gasteiger charge is 2.15. The van der Waals surface area contributed by atoms with E-state index in [2.05, 4.69) is 74.0 Å². The van der Waals surface area contributed by atoms with E-state index in [1.54, 1.807) is 18.3 Å². The topological polar surface area (TPSA) is 42.0 Å². The molecule has 1 N–H and O–H groups in total. The molecule has 0 bridgehead atoms. The van der Waals surface area contributed by atoms with Crippen molar-refractivity contribution in [3.05, 3.63) is 54.0 Å². The van der Waals surface area contributed by atoms with E-state index in [4.69, 9.17) is 0 Å². The van der Waals surface area contributed by atoms with Gasteiger partial charge in [-0.15, -0.1) is 0 Å². The third kappa shape index (κ3) is 3.65. The summed E-state index contributed by atoms with van der Waals surface area (Å²) in [5, 5.41) is 2.82. The Morgan fingerprint density at radius 1 is 1.05 bits per heavy atom. The number of carbonyl (C=O) groups excluding carboxylic acids is 1. The van der Waals surface area contributed by atoms with Crippen LogP contribution in [0.2, 0.25) is 0 Å². The molecule has 1 amide bonds. The Kier molecular flexibility index (Phi) is 5.16. The number of benzene rings is 1. The first-order valence-electron chi connectivity index (χ1n) is 5.05. The van der Waals surface area contributed by atoms with Crippen molar-refractivity contribution in [2.45, 2.75) is 0 Å². The molecule has 0 aliphatic rings. The molecule has 1 aromatic heterocycles. The van der Waals surface area contributed by atoms with Crippen molar-refractivity contribution in [2.75, 3.05) is 5.32 Å². The van der Waals surface area contributed by atoms with Crippen molar-refractivity contribution in [1.29, 1.82) is 0 Å². The maximum absolute atomic E-state index is 12.2. The third-order valence-electron chi connectivity index (χ3n) is 2.22. The summed E-state index contributed by atoms with van der Waals surface area (Å²) in [5.74, 6) is -0.281. The minimum Gasteiger partial charge on any atom is -0.319 e. The number of hydrogen-bond donors (Lipinski definition) is 1. The maximum Gasteiger partial charge on any atom is 0.275 e. The smallest absolute Gasteiger partial charge is 0.275 e. The second-order valence-electron chi connectivity index (χ2n) is 3.53. The fourth-order valence-electron chi connectivity index (χ4n) is 1.39. The number of rotatable bonds is 2. The van der Waals surface area contributed by atoms with Crippen molar-refractivity contribution >= 4 is 75.3 Å². The molecule has 0 fully saturated rings. The molecule has 1 heterocycles. The zero-order chi connectivity index (χ0) is 14.0. The first-order chi connectivity index (χ1) is 8.99. The fraction of sp³-hybridized carbons (Fsp3) is 0. The first kappa shape index (κ1) is 15.2. The van der Waals surface area contributed by atoms with Gasteiger partial charge in [0.25, 0.3) is 5.91 Å². The number of hydrogen-bond acceptors (Lipinski definition) is 2. The van der Waals surface area contributed by atoms with E-state index < -0.39 is 0 Å². The summed E-state index contributed by atoms with van der Waals surface area (Å²) in [5.41, 5.74) is 0.995. The van der Waals surface area contributed by atoms with Gasteiger partial charge in [0.2, 0.25) is 0 Å². The predicted molar refractivity (Wildman–Crippen MR) is 89.4 cm³/mol. The zero-order valence-corrected chi connectivity index (χ0v) is 15.6. The lowest BCUT2D eigenvalue weighted by Crippen LogP contribution is -2.15. The Hall–Kier alpha value is -0.240. The highest BCUT2D eigenvalue weighted by Crippen LogP contribution is 2.34. The SMILES string of the molecule is O=C(Nc1c(Br)cc(Br)cc1Br)c1ncccc1Br. The molecule has 19 heavy (non-hydrogen) atoms. The average molecular weight is 514 g/mol. The quantitative estimate of drug-likeness (QED) is 0.586. The van der Waals surface area contributed by atoms with Crippen LogP contribution in [0, 0.1) is 0 Å². The lowest BCUT2D eigenvalue weighted by atomic mass is 10.3. The second-order valence-corrected chi connectivity index (χ2v) is 7.01. The molecule has 0 spiro atoms. The molecule has 0 saturated carbocycles. The van der Waals surface area contributed by atoms with Crippen LogP contribution in [-0.2, 0) is 0 Å². The molecule has 0 saturated heterocycles. The van der Waals surface area contributed by atoms with Crippen LogP contribution in [0.4, 0.5) is 5.69 Å². The number of carbonyl (C=O) groups is 1. The van der Waals surface area contributed by atoms with Crippen LogP contribution >= 0.6 is 63.7 Å². The van der Waals surface area contributed by atoms with Gasteiger partial charge in [-0.05, 0) is 72.1 Å². The zero-order valence-electron chi connectivity index (χ0n) is 9.25. The number of anilines is 1. The van der Waals surface area contributed by atoms with Crippen LogP contribution in [-0.4, -0.2) is 10.9 Å². The Labute approximate surface area is 143 Å². The molecule has 2 rings (SSSR count). The number of aromatic nitrogens is 1. The molecular weight excluding hydrogens is 508 g/mol.